The highest BCUT2D eigenvalue weighted by Gasteiger charge is 2.22. The van der Waals surface area contributed by atoms with E-state index in [9.17, 15) is 9.90 Å². The first-order valence-corrected chi connectivity index (χ1v) is 6.68. The van der Waals surface area contributed by atoms with Crippen molar-refractivity contribution in [2.24, 2.45) is 0 Å². The average molecular weight is 252 g/mol. The number of hydrogen-bond donors (Lipinski definition) is 1. The number of aryl methyl sites for hydroxylation is 1. The van der Waals surface area contributed by atoms with Crippen LogP contribution in [0.1, 0.15) is 55.9 Å². The summed E-state index contributed by atoms with van der Waals surface area (Å²) in [4.78, 5) is 11.3. The maximum atomic E-state index is 11.3. The van der Waals surface area contributed by atoms with E-state index < -0.39 is 5.97 Å². The predicted octanol–water partition coefficient (Wildman–Crippen LogP) is 2.70. The zero-order valence-corrected chi connectivity index (χ0v) is 10.8. The van der Waals surface area contributed by atoms with E-state index >= 15 is 0 Å². The SMILES string of the molecule is CCCn1ncc(OC2CCCCC2)c1C(=O)O. The van der Waals surface area contributed by atoms with Gasteiger partial charge in [-0.2, -0.15) is 5.10 Å². The van der Waals surface area contributed by atoms with E-state index in [1.165, 1.54) is 17.3 Å². The lowest BCUT2D eigenvalue weighted by molar-refractivity contribution is 0.0672. The molecule has 1 heterocycles. The first-order chi connectivity index (χ1) is 8.72. The Bertz CT molecular complexity index is 408. The van der Waals surface area contributed by atoms with Crippen LogP contribution < -0.4 is 4.74 Å². The molecule has 5 nitrogen and oxygen atoms in total. The Labute approximate surface area is 107 Å². The molecule has 0 saturated heterocycles. The van der Waals surface area contributed by atoms with Crippen LogP contribution >= 0.6 is 0 Å². The maximum Gasteiger partial charge on any atom is 0.358 e. The Morgan fingerprint density at radius 3 is 2.83 bits per heavy atom. The predicted molar refractivity (Wildman–Crippen MR) is 67.0 cm³/mol. The van der Waals surface area contributed by atoms with Gasteiger partial charge in [0.2, 0.25) is 0 Å². The Hall–Kier alpha value is -1.52. The molecule has 100 valence electrons. The van der Waals surface area contributed by atoms with E-state index in [1.807, 2.05) is 6.92 Å². The molecule has 1 aromatic heterocycles. The molecule has 2 rings (SSSR count). The van der Waals surface area contributed by atoms with Crippen LogP contribution in [0.3, 0.4) is 0 Å². The largest absolute Gasteiger partial charge is 0.486 e. The van der Waals surface area contributed by atoms with Gasteiger partial charge in [-0.3, -0.25) is 4.68 Å². The zero-order chi connectivity index (χ0) is 13.0. The summed E-state index contributed by atoms with van der Waals surface area (Å²) < 4.78 is 7.32. The Morgan fingerprint density at radius 2 is 2.22 bits per heavy atom. The van der Waals surface area contributed by atoms with Crippen molar-refractivity contribution in [3.05, 3.63) is 11.9 Å². The molecule has 0 spiro atoms. The lowest BCUT2D eigenvalue weighted by Gasteiger charge is -2.22. The molecule has 0 aromatic carbocycles. The van der Waals surface area contributed by atoms with Gasteiger partial charge in [0.1, 0.15) is 0 Å². The molecule has 0 unspecified atom stereocenters. The molecular formula is C13H20N2O3. The van der Waals surface area contributed by atoms with Crippen molar-refractivity contribution in [1.29, 1.82) is 0 Å². The Kier molecular flexibility index (Phi) is 4.23. The van der Waals surface area contributed by atoms with Crippen molar-refractivity contribution in [1.82, 2.24) is 9.78 Å². The fourth-order valence-corrected chi connectivity index (χ4v) is 2.41. The molecule has 18 heavy (non-hydrogen) atoms. The summed E-state index contributed by atoms with van der Waals surface area (Å²) in [5, 5.41) is 13.4. The van der Waals surface area contributed by atoms with Crippen molar-refractivity contribution >= 4 is 5.97 Å². The first kappa shape index (κ1) is 12.9. The van der Waals surface area contributed by atoms with Crippen LogP contribution in [0.25, 0.3) is 0 Å². The third-order valence-corrected chi connectivity index (χ3v) is 3.29. The lowest BCUT2D eigenvalue weighted by Crippen LogP contribution is -2.21. The number of aromatic nitrogens is 2. The number of hydrogen-bond acceptors (Lipinski definition) is 3. The molecule has 0 aliphatic heterocycles. The van der Waals surface area contributed by atoms with Crippen LogP contribution in [-0.4, -0.2) is 27.0 Å². The molecule has 0 bridgehead atoms. The summed E-state index contributed by atoms with van der Waals surface area (Å²) in [6.45, 7) is 2.60. The number of ether oxygens (including phenoxy) is 1. The minimum Gasteiger partial charge on any atom is -0.486 e. The second-order valence-electron chi connectivity index (χ2n) is 4.76. The van der Waals surface area contributed by atoms with Crippen LogP contribution in [0.15, 0.2) is 6.20 Å². The minimum absolute atomic E-state index is 0.149. The van der Waals surface area contributed by atoms with Gasteiger partial charge in [-0.05, 0) is 32.1 Å². The van der Waals surface area contributed by atoms with Crippen LogP contribution in [0.4, 0.5) is 0 Å². The summed E-state index contributed by atoms with van der Waals surface area (Å²) in [7, 11) is 0. The summed E-state index contributed by atoms with van der Waals surface area (Å²) in [6, 6.07) is 0. The van der Waals surface area contributed by atoms with Gasteiger partial charge in [-0.15, -0.1) is 0 Å². The smallest absolute Gasteiger partial charge is 0.358 e. The maximum absolute atomic E-state index is 11.3. The summed E-state index contributed by atoms with van der Waals surface area (Å²) in [6.07, 6.45) is 8.14. The van der Waals surface area contributed by atoms with Crippen LogP contribution in [-0.2, 0) is 6.54 Å². The lowest BCUT2D eigenvalue weighted by atomic mass is 9.98. The van der Waals surface area contributed by atoms with Gasteiger partial charge in [0.15, 0.2) is 11.4 Å². The van der Waals surface area contributed by atoms with E-state index in [-0.39, 0.29) is 11.8 Å². The molecule has 0 atom stereocenters. The van der Waals surface area contributed by atoms with Crippen molar-refractivity contribution in [3.63, 3.8) is 0 Å². The minimum atomic E-state index is -0.966. The number of rotatable bonds is 5. The van der Waals surface area contributed by atoms with Gasteiger partial charge in [0, 0.05) is 6.54 Å². The van der Waals surface area contributed by atoms with Crippen molar-refractivity contribution in [3.8, 4) is 5.75 Å². The van der Waals surface area contributed by atoms with Gasteiger partial charge >= 0.3 is 5.97 Å². The Balaban J connectivity index is 2.13. The normalized spacial score (nSPS) is 16.7. The molecule has 5 heteroatoms. The average Bonchev–Trinajstić information content (AvgIpc) is 2.74. The van der Waals surface area contributed by atoms with Crippen LogP contribution in [0.5, 0.6) is 5.75 Å². The van der Waals surface area contributed by atoms with Crippen molar-refractivity contribution in [2.45, 2.75) is 58.1 Å². The standard InChI is InChI=1S/C13H20N2O3/c1-2-8-15-12(13(16)17)11(9-14-15)18-10-6-4-3-5-7-10/h9-10H,2-8H2,1H3,(H,16,17). The third kappa shape index (κ3) is 2.83. The summed E-state index contributed by atoms with van der Waals surface area (Å²) in [5.41, 5.74) is 0.183. The van der Waals surface area contributed by atoms with Gasteiger partial charge in [0.05, 0.1) is 12.3 Å². The van der Waals surface area contributed by atoms with Crippen LogP contribution in [0, 0.1) is 0 Å². The highest BCUT2D eigenvalue weighted by atomic mass is 16.5. The van der Waals surface area contributed by atoms with Crippen molar-refractivity contribution < 1.29 is 14.6 Å². The third-order valence-electron chi connectivity index (χ3n) is 3.29. The molecule has 1 fully saturated rings. The summed E-state index contributed by atoms with van der Waals surface area (Å²) in [5.74, 6) is -0.547. The molecule has 0 radical (unpaired) electrons. The molecule has 0 amide bonds. The molecule has 1 aliphatic carbocycles. The molecule has 1 N–H and O–H groups in total. The van der Waals surface area contributed by atoms with Gasteiger partial charge in [-0.25, -0.2) is 4.79 Å². The molecular weight excluding hydrogens is 232 g/mol. The van der Waals surface area contributed by atoms with E-state index in [1.54, 1.807) is 0 Å². The van der Waals surface area contributed by atoms with E-state index in [0.29, 0.717) is 12.3 Å². The fraction of sp³-hybridized carbons (Fsp3) is 0.692. The topological polar surface area (TPSA) is 64.4 Å². The number of aromatic carboxylic acids is 1. The molecule has 1 aromatic rings. The van der Waals surface area contributed by atoms with Gasteiger partial charge < -0.3 is 9.84 Å². The molecule has 1 saturated carbocycles. The van der Waals surface area contributed by atoms with Gasteiger partial charge in [-0.1, -0.05) is 13.3 Å². The fourth-order valence-electron chi connectivity index (χ4n) is 2.41. The van der Waals surface area contributed by atoms with E-state index in [0.717, 1.165) is 32.1 Å². The monoisotopic (exact) mass is 252 g/mol. The van der Waals surface area contributed by atoms with Gasteiger partial charge in [0.25, 0.3) is 0 Å². The Morgan fingerprint density at radius 1 is 1.50 bits per heavy atom. The quantitative estimate of drug-likeness (QED) is 0.875. The summed E-state index contributed by atoms with van der Waals surface area (Å²) >= 11 is 0. The van der Waals surface area contributed by atoms with Crippen molar-refractivity contribution in [2.75, 3.05) is 0 Å². The highest BCUT2D eigenvalue weighted by molar-refractivity contribution is 5.88. The second-order valence-corrected chi connectivity index (χ2v) is 4.76. The molecule has 1 aliphatic rings. The van der Waals surface area contributed by atoms with E-state index in [2.05, 4.69) is 5.10 Å². The number of nitrogens with zero attached hydrogens (tertiary/aromatic N) is 2. The highest BCUT2D eigenvalue weighted by Crippen LogP contribution is 2.26. The number of carboxylic acid groups (broad SMARTS) is 1. The van der Waals surface area contributed by atoms with E-state index in [4.69, 9.17) is 4.74 Å². The number of carboxylic acids is 1. The van der Waals surface area contributed by atoms with Crippen LogP contribution in [0.2, 0.25) is 0 Å². The number of carbonyl (C=O) groups is 1. The second kappa shape index (κ2) is 5.89. The zero-order valence-electron chi connectivity index (χ0n) is 10.8. The first-order valence-electron chi connectivity index (χ1n) is 6.68.